The van der Waals surface area contributed by atoms with Crippen molar-refractivity contribution in [1.29, 1.82) is 0 Å². The normalized spacial score (nSPS) is 11.0. The Morgan fingerprint density at radius 2 is 2.14 bits per heavy atom. The average molecular weight is 226 g/mol. The Morgan fingerprint density at radius 1 is 1.50 bits per heavy atom. The van der Waals surface area contributed by atoms with Crippen LogP contribution in [0.2, 0.25) is 0 Å². The predicted octanol–water partition coefficient (Wildman–Crippen LogP) is 2.39. The molecular formula is C8H7ClF3NO. The number of rotatable bonds is 3. The Labute approximate surface area is 83.3 Å². The van der Waals surface area contributed by atoms with Crippen LogP contribution < -0.4 is 0 Å². The smallest absolute Gasteiger partial charge is 0.280 e. The molecule has 1 aromatic heterocycles. The standard InChI is InChI=1S/C8H7ClF3NO/c9-2-4-1-6(10)13-7(8(11)12)5(4)3-14/h1,8,14H,2-3H2. The van der Waals surface area contributed by atoms with Crippen LogP contribution in [0, 0.1) is 5.95 Å². The Hall–Kier alpha value is -0.810. The molecule has 6 heteroatoms. The Kier molecular flexibility index (Phi) is 3.71. The fraction of sp³-hybridized carbons (Fsp3) is 0.375. The van der Waals surface area contributed by atoms with Crippen LogP contribution in [0.15, 0.2) is 6.07 Å². The topological polar surface area (TPSA) is 33.1 Å². The summed E-state index contributed by atoms with van der Waals surface area (Å²) >= 11 is 5.41. The number of aromatic nitrogens is 1. The summed E-state index contributed by atoms with van der Waals surface area (Å²) in [5.41, 5.74) is -0.712. The van der Waals surface area contributed by atoms with E-state index >= 15 is 0 Å². The quantitative estimate of drug-likeness (QED) is 0.633. The third kappa shape index (κ3) is 2.16. The van der Waals surface area contributed by atoms with Crippen LogP contribution in [0.25, 0.3) is 0 Å². The van der Waals surface area contributed by atoms with Gasteiger partial charge in [0, 0.05) is 11.4 Å². The van der Waals surface area contributed by atoms with E-state index in [0.717, 1.165) is 6.07 Å². The third-order valence-corrected chi connectivity index (χ3v) is 2.01. The van der Waals surface area contributed by atoms with Gasteiger partial charge in [-0.3, -0.25) is 0 Å². The van der Waals surface area contributed by atoms with Gasteiger partial charge in [-0.15, -0.1) is 11.6 Å². The molecule has 78 valence electrons. The van der Waals surface area contributed by atoms with Crippen molar-refractivity contribution < 1.29 is 18.3 Å². The molecule has 0 bridgehead atoms. The second-order valence-corrected chi connectivity index (χ2v) is 2.83. The van der Waals surface area contributed by atoms with Gasteiger partial charge in [-0.2, -0.15) is 4.39 Å². The van der Waals surface area contributed by atoms with E-state index in [-0.39, 0.29) is 17.0 Å². The number of halogens is 4. The van der Waals surface area contributed by atoms with Crippen molar-refractivity contribution in [1.82, 2.24) is 4.98 Å². The van der Waals surface area contributed by atoms with Crippen LogP contribution in [-0.4, -0.2) is 10.1 Å². The Bertz CT molecular complexity index is 333. The largest absolute Gasteiger partial charge is 0.392 e. The van der Waals surface area contributed by atoms with Crippen molar-refractivity contribution in [3.05, 3.63) is 28.8 Å². The summed E-state index contributed by atoms with van der Waals surface area (Å²) in [6.45, 7) is -0.630. The summed E-state index contributed by atoms with van der Waals surface area (Å²) in [6.07, 6.45) is -2.92. The average Bonchev–Trinajstić information content (AvgIpc) is 2.16. The number of aliphatic hydroxyl groups excluding tert-OH is 1. The molecule has 0 amide bonds. The highest BCUT2D eigenvalue weighted by atomic mass is 35.5. The number of alkyl halides is 3. The van der Waals surface area contributed by atoms with E-state index in [0.29, 0.717) is 0 Å². The molecule has 0 radical (unpaired) electrons. The van der Waals surface area contributed by atoms with Crippen molar-refractivity contribution in [2.45, 2.75) is 18.9 Å². The Morgan fingerprint density at radius 3 is 2.57 bits per heavy atom. The molecule has 2 nitrogen and oxygen atoms in total. The van der Waals surface area contributed by atoms with Gasteiger partial charge < -0.3 is 5.11 Å². The SMILES string of the molecule is OCc1c(CCl)cc(F)nc1C(F)F. The second kappa shape index (κ2) is 4.61. The van der Waals surface area contributed by atoms with Crippen LogP contribution >= 0.6 is 11.6 Å². The first-order valence-electron chi connectivity index (χ1n) is 3.73. The zero-order valence-electron chi connectivity index (χ0n) is 6.98. The minimum atomic E-state index is -2.92. The van der Waals surface area contributed by atoms with Gasteiger partial charge in [0.05, 0.1) is 6.61 Å². The number of hydrogen-bond acceptors (Lipinski definition) is 2. The molecule has 1 aromatic rings. The summed E-state index contributed by atoms with van der Waals surface area (Å²) in [5.74, 6) is -1.16. The summed E-state index contributed by atoms with van der Waals surface area (Å²) < 4.78 is 37.4. The second-order valence-electron chi connectivity index (χ2n) is 2.56. The Balaban J connectivity index is 3.31. The maximum atomic E-state index is 12.7. The molecule has 14 heavy (non-hydrogen) atoms. The summed E-state index contributed by atoms with van der Waals surface area (Å²) in [7, 11) is 0. The summed E-state index contributed by atoms with van der Waals surface area (Å²) in [4.78, 5) is 3.02. The van der Waals surface area contributed by atoms with E-state index in [1.54, 1.807) is 0 Å². The molecule has 0 spiro atoms. The molecular weight excluding hydrogens is 219 g/mol. The van der Waals surface area contributed by atoms with Gasteiger partial charge in [0.25, 0.3) is 6.43 Å². The van der Waals surface area contributed by atoms with Crippen LogP contribution in [-0.2, 0) is 12.5 Å². The maximum absolute atomic E-state index is 12.7. The molecule has 0 saturated heterocycles. The van der Waals surface area contributed by atoms with E-state index in [2.05, 4.69) is 4.98 Å². The van der Waals surface area contributed by atoms with E-state index in [9.17, 15) is 13.2 Å². The predicted molar refractivity (Wildman–Crippen MR) is 44.6 cm³/mol. The van der Waals surface area contributed by atoms with Gasteiger partial charge in [0.2, 0.25) is 5.95 Å². The van der Waals surface area contributed by atoms with E-state index in [1.165, 1.54) is 0 Å². The zero-order valence-corrected chi connectivity index (χ0v) is 7.73. The van der Waals surface area contributed by atoms with Gasteiger partial charge in [-0.25, -0.2) is 13.8 Å². The van der Waals surface area contributed by atoms with Crippen LogP contribution in [0.5, 0.6) is 0 Å². The molecule has 0 aromatic carbocycles. The van der Waals surface area contributed by atoms with Crippen molar-refractivity contribution in [3.63, 3.8) is 0 Å². The summed E-state index contributed by atoms with van der Waals surface area (Å²) in [6, 6.07) is 0.935. The van der Waals surface area contributed by atoms with Crippen LogP contribution in [0.1, 0.15) is 23.2 Å². The van der Waals surface area contributed by atoms with Crippen LogP contribution in [0.4, 0.5) is 13.2 Å². The lowest BCUT2D eigenvalue weighted by atomic mass is 10.1. The van der Waals surface area contributed by atoms with E-state index < -0.39 is 24.7 Å². The number of hydrogen-bond donors (Lipinski definition) is 1. The molecule has 0 unspecified atom stereocenters. The number of nitrogens with zero attached hydrogens (tertiary/aromatic N) is 1. The van der Waals surface area contributed by atoms with Crippen molar-refractivity contribution in [2.75, 3.05) is 0 Å². The van der Waals surface area contributed by atoms with E-state index in [4.69, 9.17) is 16.7 Å². The highest BCUT2D eigenvalue weighted by Gasteiger charge is 2.18. The minimum Gasteiger partial charge on any atom is -0.392 e. The molecule has 0 atom stereocenters. The number of pyridine rings is 1. The highest BCUT2D eigenvalue weighted by molar-refractivity contribution is 6.17. The zero-order chi connectivity index (χ0) is 10.7. The first kappa shape index (κ1) is 11.3. The fourth-order valence-electron chi connectivity index (χ4n) is 1.09. The minimum absolute atomic E-state index is 0.101. The van der Waals surface area contributed by atoms with Gasteiger partial charge in [-0.05, 0) is 11.6 Å². The first-order valence-corrected chi connectivity index (χ1v) is 4.26. The monoisotopic (exact) mass is 225 g/mol. The van der Waals surface area contributed by atoms with Crippen molar-refractivity contribution in [3.8, 4) is 0 Å². The highest BCUT2D eigenvalue weighted by Crippen LogP contribution is 2.25. The van der Waals surface area contributed by atoms with Gasteiger partial charge in [0.1, 0.15) is 5.69 Å². The maximum Gasteiger partial charge on any atom is 0.280 e. The molecule has 0 saturated carbocycles. The van der Waals surface area contributed by atoms with Gasteiger partial charge in [-0.1, -0.05) is 0 Å². The number of aliphatic hydroxyl groups is 1. The van der Waals surface area contributed by atoms with E-state index in [1.807, 2.05) is 0 Å². The molecule has 0 fully saturated rings. The lowest BCUT2D eigenvalue weighted by Gasteiger charge is -2.09. The van der Waals surface area contributed by atoms with Gasteiger partial charge >= 0.3 is 0 Å². The molecule has 0 aliphatic rings. The lowest BCUT2D eigenvalue weighted by molar-refractivity contribution is 0.140. The fourth-order valence-corrected chi connectivity index (χ4v) is 1.33. The summed E-state index contributed by atoms with van der Waals surface area (Å²) in [5, 5.41) is 8.82. The molecule has 1 rings (SSSR count). The van der Waals surface area contributed by atoms with Crippen molar-refractivity contribution in [2.24, 2.45) is 0 Å². The molecule has 1 N–H and O–H groups in total. The van der Waals surface area contributed by atoms with Crippen LogP contribution in [0.3, 0.4) is 0 Å². The molecule has 1 heterocycles. The van der Waals surface area contributed by atoms with Gasteiger partial charge in [0.15, 0.2) is 0 Å². The third-order valence-electron chi connectivity index (χ3n) is 1.73. The van der Waals surface area contributed by atoms with Crippen molar-refractivity contribution >= 4 is 11.6 Å². The molecule has 0 aliphatic carbocycles. The lowest BCUT2D eigenvalue weighted by Crippen LogP contribution is -2.05. The molecule has 0 aliphatic heterocycles. The first-order chi connectivity index (χ1) is 6.60.